The molecule has 2 N–H and O–H groups in total. The Hall–Kier alpha value is -2.61. The number of amides is 3. The van der Waals surface area contributed by atoms with Gasteiger partial charge < -0.3 is 20.4 Å². The van der Waals surface area contributed by atoms with Crippen LogP contribution in [-0.2, 0) is 9.59 Å². The van der Waals surface area contributed by atoms with E-state index in [2.05, 4.69) is 4.90 Å². The maximum Gasteiger partial charge on any atom is 0.253 e. The van der Waals surface area contributed by atoms with Gasteiger partial charge in [0.25, 0.3) is 5.91 Å². The van der Waals surface area contributed by atoms with E-state index in [1.54, 1.807) is 15.9 Å². The van der Waals surface area contributed by atoms with Gasteiger partial charge in [-0.1, -0.05) is 47.5 Å². The lowest BCUT2D eigenvalue weighted by Gasteiger charge is -2.48. The second-order valence-corrected chi connectivity index (χ2v) is 11.3. The quantitative estimate of drug-likeness (QED) is 0.488. The predicted molar refractivity (Wildman–Crippen MR) is 150 cm³/mol. The van der Waals surface area contributed by atoms with Gasteiger partial charge in [0.2, 0.25) is 11.8 Å². The zero-order valence-corrected chi connectivity index (χ0v) is 23.4. The van der Waals surface area contributed by atoms with Crippen LogP contribution in [0.15, 0.2) is 48.5 Å². The minimum Gasteiger partial charge on any atom is -0.368 e. The molecule has 0 saturated carbocycles. The molecule has 9 heteroatoms. The molecule has 38 heavy (non-hydrogen) atoms. The lowest BCUT2D eigenvalue weighted by atomic mass is 9.83. The summed E-state index contributed by atoms with van der Waals surface area (Å²) in [7, 11) is 1.82. The average molecular weight is 560 g/mol. The van der Waals surface area contributed by atoms with Crippen LogP contribution in [-0.4, -0.2) is 77.7 Å². The van der Waals surface area contributed by atoms with Gasteiger partial charge >= 0.3 is 0 Å². The molecule has 2 aromatic carbocycles. The lowest BCUT2D eigenvalue weighted by molar-refractivity contribution is -0.152. The monoisotopic (exact) mass is 558 g/mol. The van der Waals surface area contributed by atoms with Gasteiger partial charge in [0, 0.05) is 51.1 Å². The molecule has 2 aliphatic heterocycles. The van der Waals surface area contributed by atoms with Crippen LogP contribution >= 0.6 is 23.2 Å². The van der Waals surface area contributed by atoms with Crippen molar-refractivity contribution < 1.29 is 14.4 Å². The number of carbonyl (C=O) groups is 3. The van der Waals surface area contributed by atoms with E-state index in [0.717, 1.165) is 31.4 Å². The summed E-state index contributed by atoms with van der Waals surface area (Å²) in [5.41, 5.74) is 6.66. The smallest absolute Gasteiger partial charge is 0.253 e. The zero-order valence-electron chi connectivity index (χ0n) is 21.9. The van der Waals surface area contributed by atoms with Gasteiger partial charge in [-0.2, -0.15) is 0 Å². The first-order valence-electron chi connectivity index (χ1n) is 13.3. The summed E-state index contributed by atoms with van der Waals surface area (Å²) in [5.74, 6) is -0.364. The van der Waals surface area contributed by atoms with E-state index in [9.17, 15) is 14.4 Å². The zero-order chi connectivity index (χ0) is 27.3. The molecule has 2 saturated heterocycles. The molecule has 7 nitrogen and oxygen atoms in total. The highest BCUT2D eigenvalue weighted by molar-refractivity contribution is 6.42. The molecule has 2 fully saturated rings. The minimum atomic E-state index is -0.889. The van der Waals surface area contributed by atoms with E-state index in [-0.39, 0.29) is 17.7 Å². The molecule has 0 radical (unpaired) electrons. The second kappa shape index (κ2) is 12.5. The molecule has 2 aromatic rings. The number of piperidine rings is 2. The van der Waals surface area contributed by atoms with Crippen LogP contribution in [0.5, 0.6) is 0 Å². The Kier molecular flexibility index (Phi) is 9.34. The summed E-state index contributed by atoms with van der Waals surface area (Å²) in [6.45, 7) is 3.26. The molecule has 1 unspecified atom stereocenters. The van der Waals surface area contributed by atoms with Crippen LogP contribution in [0.3, 0.4) is 0 Å². The number of hydrogen-bond acceptors (Lipinski definition) is 4. The highest BCUT2D eigenvalue weighted by Crippen LogP contribution is 2.34. The maximum atomic E-state index is 13.0. The van der Waals surface area contributed by atoms with E-state index >= 15 is 0 Å². The van der Waals surface area contributed by atoms with Crippen molar-refractivity contribution in [3.8, 4) is 0 Å². The van der Waals surface area contributed by atoms with Crippen LogP contribution < -0.4 is 5.73 Å². The Morgan fingerprint density at radius 1 is 1.03 bits per heavy atom. The maximum absolute atomic E-state index is 13.0. The molecule has 3 amide bonds. The third-order valence-corrected chi connectivity index (χ3v) is 8.79. The first-order valence-corrected chi connectivity index (χ1v) is 14.0. The molecular weight excluding hydrogens is 523 g/mol. The Morgan fingerprint density at radius 2 is 1.74 bits per heavy atom. The second-order valence-electron chi connectivity index (χ2n) is 10.5. The normalized spacial score (nSPS) is 18.7. The summed E-state index contributed by atoms with van der Waals surface area (Å²) < 4.78 is 0. The van der Waals surface area contributed by atoms with E-state index in [4.69, 9.17) is 28.9 Å². The average Bonchev–Trinajstić information content (AvgIpc) is 2.93. The fourth-order valence-electron chi connectivity index (χ4n) is 5.74. The molecule has 0 aliphatic carbocycles. The van der Waals surface area contributed by atoms with Gasteiger partial charge in [0.05, 0.1) is 10.0 Å². The number of rotatable bonds is 9. The summed E-state index contributed by atoms with van der Waals surface area (Å²) in [6, 6.07) is 14.9. The minimum absolute atomic E-state index is 0.0360. The van der Waals surface area contributed by atoms with Crippen LogP contribution in [0.25, 0.3) is 0 Å². The van der Waals surface area contributed by atoms with Crippen LogP contribution in [0.4, 0.5) is 0 Å². The SMILES string of the molecule is CN(CC(CCN1CCC(C(N)=O)(N2CCCCC2=O)CC1)c1ccc(Cl)c(Cl)c1)C(=O)c1ccccc1. The van der Waals surface area contributed by atoms with E-state index in [1.165, 1.54) is 0 Å². The molecule has 204 valence electrons. The number of nitrogens with two attached hydrogens (primary N) is 1. The Morgan fingerprint density at radius 3 is 2.37 bits per heavy atom. The summed E-state index contributed by atoms with van der Waals surface area (Å²) in [5, 5.41) is 0.982. The van der Waals surface area contributed by atoms with Gasteiger partial charge in [-0.25, -0.2) is 0 Å². The first kappa shape index (κ1) is 28.4. The summed E-state index contributed by atoms with van der Waals surface area (Å²) >= 11 is 12.5. The standard InChI is InChI=1S/C29H36Cl2N4O3/c1-33(27(37)21-7-3-2-4-8-21)20-23(22-10-11-24(30)25(31)19-22)12-16-34-17-13-29(14-18-34,28(32)38)35-15-6-5-9-26(35)36/h2-4,7-8,10-11,19,23H,5-6,9,12-18,20H2,1H3,(H2,32,38). The molecule has 2 aliphatic rings. The van der Waals surface area contributed by atoms with Crippen molar-refractivity contribution >= 4 is 40.9 Å². The van der Waals surface area contributed by atoms with E-state index in [0.29, 0.717) is 61.1 Å². The summed E-state index contributed by atoms with van der Waals surface area (Å²) in [6.07, 6.45) is 4.13. The number of benzene rings is 2. The number of primary amides is 1. The Labute approximate surface area is 234 Å². The molecule has 0 aromatic heterocycles. The van der Waals surface area contributed by atoms with Crippen LogP contribution in [0.2, 0.25) is 10.0 Å². The number of carbonyl (C=O) groups excluding carboxylic acids is 3. The van der Waals surface area contributed by atoms with Crippen molar-refractivity contribution in [2.75, 3.05) is 39.8 Å². The molecular formula is C29H36Cl2N4O3. The van der Waals surface area contributed by atoms with Crippen molar-refractivity contribution in [2.45, 2.75) is 50.0 Å². The molecule has 0 spiro atoms. The number of likely N-dealkylation sites (N-methyl/N-ethyl adjacent to an activating group) is 1. The van der Waals surface area contributed by atoms with Gasteiger partial charge in [-0.05, 0) is 68.5 Å². The van der Waals surface area contributed by atoms with Crippen LogP contribution in [0.1, 0.15) is 60.4 Å². The lowest BCUT2D eigenvalue weighted by Crippen LogP contribution is -2.64. The Bertz CT molecular complexity index is 1150. The third kappa shape index (κ3) is 6.33. The van der Waals surface area contributed by atoms with Crippen molar-refractivity contribution in [1.82, 2.24) is 14.7 Å². The molecule has 1 atom stereocenters. The van der Waals surface area contributed by atoms with Gasteiger partial charge in [0.15, 0.2) is 0 Å². The number of nitrogens with zero attached hydrogens (tertiary/aromatic N) is 3. The number of hydrogen-bond donors (Lipinski definition) is 1. The number of halogens is 2. The fourth-order valence-corrected chi connectivity index (χ4v) is 6.04. The van der Waals surface area contributed by atoms with Crippen molar-refractivity contribution in [2.24, 2.45) is 5.73 Å². The number of likely N-dealkylation sites (tertiary alicyclic amines) is 2. The van der Waals surface area contributed by atoms with Gasteiger partial charge in [-0.15, -0.1) is 0 Å². The highest BCUT2D eigenvalue weighted by Gasteiger charge is 2.47. The van der Waals surface area contributed by atoms with Crippen molar-refractivity contribution in [3.63, 3.8) is 0 Å². The fraction of sp³-hybridized carbons (Fsp3) is 0.483. The van der Waals surface area contributed by atoms with E-state index in [1.807, 2.05) is 49.5 Å². The third-order valence-electron chi connectivity index (χ3n) is 8.05. The van der Waals surface area contributed by atoms with Crippen molar-refractivity contribution in [1.29, 1.82) is 0 Å². The molecule has 0 bridgehead atoms. The largest absolute Gasteiger partial charge is 0.368 e. The molecule has 4 rings (SSSR count). The van der Waals surface area contributed by atoms with E-state index < -0.39 is 11.4 Å². The first-order chi connectivity index (χ1) is 18.2. The predicted octanol–water partition coefficient (Wildman–Crippen LogP) is 4.57. The van der Waals surface area contributed by atoms with Crippen LogP contribution in [0, 0.1) is 0 Å². The Balaban J connectivity index is 1.44. The summed E-state index contributed by atoms with van der Waals surface area (Å²) in [4.78, 5) is 44.1. The van der Waals surface area contributed by atoms with Crippen molar-refractivity contribution in [3.05, 3.63) is 69.7 Å². The molecule has 2 heterocycles. The van der Waals surface area contributed by atoms with Gasteiger partial charge in [-0.3, -0.25) is 14.4 Å². The van der Waals surface area contributed by atoms with Gasteiger partial charge in [0.1, 0.15) is 5.54 Å². The topological polar surface area (TPSA) is 86.9 Å². The highest BCUT2D eigenvalue weighted by atomic mass is 35.5.